The van der Waals surface area contributed by atoms with E-state index in [1.165, 1.54) is 34.8 Å². The van der Waals surface area contributed by atoms with Crippen molar-refractivity contribution in [3.63, 3.8) is 0 Å². The van der Waals surface area contributed by atoms with Crippen LogP contribution in [-0.4, -0.2) is 50.8 Å². The minimum absolute atomic E-state index is 0.0599. The molecule has 0 saturated carbocycles. The van der Waals surface area contributed by atoms with Crippen LogP contribution in [0.3, 0.4) is 0 Å². The van der Waals surface area contributed by atoms with E-state index in [9.17, 15) is 26.4 Å². The van der Waals surface area contributed by atoms with Gasteiger partial charge >= 0.3 is 6.61 Å². The van der Waals surface area contributed by atoms with E-state index < -0.39 is 38.5 Å². The van der Waals surface area contributed by atoms with E-state index in [0.717, 1.165) is 25.1 Å². The van der Waals surface area contributed by atoms with Crippen molar-refractivity contribution in [1.29, 1.82) is 0 Å². The minimum Gasteiger partial charge on any atom is -0.434 e. The normalized spacial score (nSPS) is 12.8. The number of alkyl halides is 3. The Morgan fingerprint density at radius 2 is 2.00 bits per heavy atom. The third kappa shape index (κ3) is 4.31. The second-order valence-electron chi connectivity index (χ2n) is 7.09. The Labute approximate surface area is 190 Å². The maximum atomic E-state index is 13.7. The molecule has 0 radical (unpaired) electrons. The van der Waals surface area contributed by atoms with Gasteiger partial charge in [0, 0.05) is 31.2 Å². The first-order valence-corrected chi connectivity index (χ1v) is 11.2. The first-order valence-electron chi connectivity index (χ1n) is 9.68. The van der Waals surface area contributed by atoms with Crippen molar-refractivity contribution in [3.05, 3.63) is 54.6 Å². The Hall–Kier alpha value is -3.94. The van der Waals surface area contributed by atoms with Crippen molar-refractivity contribution in [2.45, 2.75) is 23.9 Å². The zero-order valence-electron chi connectivity index (χ0n) is 17.7. The number of ether oxygens (including phenoxy) is 1. The third-order valence-corrected chi connectivity index (χ3v) is 6.55. The highest BCUT2D eigenvalue weighted by molar-refractivity contribution is 7.91. The van der Waals surface area contributed by atoms with Crippen LogP contribution in [0.5, 0.6) is 5.75 Å². The predicted molar refractivity (Wildman–Crippen MR) is 114 cm³/mol. The summed E-state index contributed by atoms with van der Waals surface area (Å²) in [5, 5.41) is 10.8. The fourth-order valence-corrected chi connectivity index (χ4v) is 4.13. The molecule has 0 saturated heterocycles. The lowest BCUT2D eigenvalue weighted by atomic mass is 10.1. The van der Waals surface area contributed by atoms with Gasteiger partial charge in [-0.15, -0.1) is 0 Å². The quantitative estimate of drug-likeness (QED) is 0.419. The van der Waals surface area contributed by atoms with E-state index in [1.807, 2.05) is 0 Å². The lowest BCUT2D eigenvalue weighted by Crippen LogP contribution is -2.14. The molecule has 0 bridgehead atoms. The van der Waals surface area contributed by atoms with Gasteiger partial charge in [0.15, 0.2) is 5.65 Å². The Balaban J connectivity index is 1.80. The van der Waals surface area contributed by atoms with Gasteiger partial charge in [0.2, 0.25) is 15.3 Å². The van der Waals surface area contributed by atoms with Crippen LogP contribution < -0.4 is 10.1 Å². The molecule has 1 aromatic carbocycles. The number of sulfone groups is 1. The summed E-state index contributed by atoms with van der Waals surface area (Å²) in [5.41, 5.74) is -2.03. The minimum atomic E-state index is -4.39. The number of carbonyl (C=O) groups excluding carboxylic acids is 1. The maximum absolute atomic E-state index is 13.7. The molecule has 3 heterocycles. The Morgan fingerprint density at radius 1 is 1.24 bits per heavy atom. The van der Waals surface area contributed by atoms with Gasteiger partial charge in [-0.2, -0.15) is 19.0 Å². The highest BCUT2D eigenvalue weighted by Crippen LogP contribution is 2.37. The number of rotatable bonds is 7. The number of amides is 1. The summed E-state index contributed by atoms with van der Waals surface area (Å²) in [6.45, 7) is -2.39. The predicted octanol–water partition coefficient (Wildman–Crippen LogP) is 3.07. The molecule has 3 aromatic heterocycles. The summed E-state index contributed by atoms with van der Waals surface area (Å²) < 4.78 is 71.6. The SMILES string of the molecule is CC(F)S(=O)(=O)c1ccc(OC(F)F)c(-c2nn(C)cc2NC(=O)c2cnn3cccnc23)c1. The topological polar surface area (TPSA) is 120 Å². The molecule has 0 fully saturated rings. The number of nitrogens with one attached hydrogen (secondary N) is 1. The molecule has 4 rings (SSSR count). The molecule has 1 amide bonds. The highest BCUT2D eigenvalue weighted by Gasteiger charge is 2.27. The monoisotopic (exact) mass is 494 g/mol. The lowest BCUT2D eigenvalue weighted by molar-refractivity contribution is -0.0494. The molecule has 1 atom stereocenters. The van der Waals surface area contributed by atoms with Gasteiger partial charge in [-0.3, -0.25) is 9.48 Å². The molecular weight excluding hydrogens is 477 g/mol. The van der Waals surface area contributed by atoms with Gasteiger partial charge < -0.3 is 10.1 Å². The molecule has 0 spiro atoms. The summed E-state index contributed by atoms with van der Waals surface area (Å²) in [4.78, 5) is 16.6. The van der Waals surface area contributed by atoms with E-state index in [-0.39, 0.29) is 28.2 Å². The molecule has 34 heavy (non-hydrogen) atoms. The van der Waals surface area contributed by atoms with Gasteiger partial charge in [-0.05, 0) is 31.2 Å². The lowest BCUT2D eigenvalue weighted by Gasteiger charge is -2.13. The van der Waals surface area contributed by atoms with E-state index in [1.54, 1.807) is 12.3 Å². The van der Waals surface area contributed by atoms with Crippen LogP contribution in [-0.2, 0) is 16.9 Å². The molecule has 178 valence electrons. The standard InChI is InChI=1S/C20H17F3N6O4S/c1-11(21)34(31,32)12-4-5-16(33-20(22)23)13(8-12)17-15(10-28(2)27-17)26-19(30)14-9-25-29-7-3-6-24-18(14)29/h3-11,20H,1-2H3,(H,26,30). The number of benzene rings is 1. The number of aromatic nitrogens is 5. The number of aryl methyl sites for hydroxylation is 1. The van der Waals surface area contributed by atoms with E-state index in [2.05, 4.69) is 25.2 Å². The van der Waals surface area contributed by atoms with Crippen LogP contribution in [0.4, 0.5) is 18.9 Å². The molecule has 14 heteroatoms. The van der Waals surface area contributed by atoms with Gasteiger partial charge in [-0.25, -0.2) is 22.3 Å². The third-order valence-electron chi connectivity index (χ3n) is 4.78. The number of carbonyl (C=O) groups is 1. The van der Waals surface area contributed by atoms with E-state index in [4.69, 9.17) is 0 Å². The second kappa shape index (κ2) is 8.78. The molecule has 1 unspecified atom stereocenters. The highest BCUT2D eigenvalue weighted by atomic mass is 32.2. The van der Waals surface area contributed by atoms with Crippen LogP contribution in [0.1, 0.15) is 17.3 Å². The van der Waals surface area contributed by atoms with E-state index >= 15 is 0 Å². The van der Waals surface area contributed by atoms with Crippen LogP contribution in [0.2, 0.25) is 0 Å². The zero-order chi connectivity index (χ0) is 24.6. The summed E-state index contributed by atoms with van der Waals surface area (Å²) >= 11 is 0. The van der Waals surface area contributed by atoms with Crippen molar-refractivity contribution < 1.29 is 31.1 Å². The molecule has 1 N–H and O–H groups in total. The molecule has 4 aromatic rings. The van der Waals surface area contributed by atoms with Crippen molar-refractivity contribution >= 4 is 27.1 Å². The second-order valence-corrected chi connectivity index (χ2v) is 9.30. The summed E-state index contributed by atoms with van der Waals surface area (Å²) in [6, 6.07) is 4.54. The molecule has 0 aliphatic rings. The zero-order valence-corrected chi connectivity index (χ0v) is 18.5. The maximum Gasteiger partial charge on any atom is 0.387 e. The average molecular weight is 494 g/mol. The van der Waals surface area contributed by atoms with Crippen LogP contribution >= 0.6 is 0 Å². The number of fused-ring (bicyclic) bond motifs is 1. The van der Waals surface area contributed by atoms with Crippen molar-refractivity contribution in [1.82, 2.24) is 24.4 Å². The van der Waals surface area contributed by atoms with Crippen molar-refractivity contribution in [2.24, 2.45) is 7.05 Å². The molecular formula is C20H17F3N6O4S. The van der Waals surface area contributed by atoms with Gasteiger partial charge in [0.05, 0.1) is 16.8 Å². The number of hydrogen-bond donors (Lipinski definition) is 1. The van der Waals surface area contributed by atoms with Gasteiger partial charge in [0.25, 0.3) is 5.91 Å². The van der Waals surface area contributed by atoms with Gasteiger partial charge in [0.1, 0.15) is 17.0 Å². The number of halogens is 3. The molecule has 0 aliphatic heterocycles. The Bertz CT molecular complexity index is 1480. The fraction of sp³-hybridized carbons (Fsp3) is 0.200. The summed E-state index contributed by atoms with van der Waals surface area (Å²) in [7, 11) is -2.88. The number of nitrogens with zero attached hydrogens (tertiary/aromatic N) is 5. The van der Waals surface area contributed by atoms with Crippen LogP contribution in [0.15, 0.2) is 53.9 Å². The Morgan fingerprint density at radius 3 is 2.71 bits per heavy atom. The average Bonchev–Trinajstić information content (AvgIpc) is 3.36. The molecule has 10 nitrogen and oxygen atoms in total. The number of anilines is 1. The first kappa shape index (κ1) is 23.2. The van der Waals surface area contributed by atoms with E-state index in [0.29, 0.717) is 0 Å². The van der Waals surface area contributed by atoms with Gasteiger partial charge in [-0.1, -0.05) is 0 Å². The first-order chi connectivity index (χ1) is 16.1. The fourth-order valence-electron chi connectivity index (χ4n) is 3.21. The van der Waals surface area contributed by atoms with Crippen LogP contribution in [0, 0.1) is 0 Å². The van der Waals surface area contributed by atoms with Crippen molar-refractivity contribution in [2.75, 3.05) is 5.32 Å². The van der Waals surface area contributed by atoms with Crippen molar-refractivity contribution in [3.8, 4) is 17.0 Å². The molecule has 0 aliphatic carbocycles. The largest absolute Gasteiger partial charge is 0.434 e. The van der Waals surface area contributed by atoms with Crippen LogP contribution in [0.25, 0.3) is 16.9 Å². The smallest absolute Gasteiger partial charge is 0.387 e. The summed E-state index contributed by atoms with van der Waals surface area (Å²) in [5.74, 6) is -1.03. The Kier molecular flexibility index (Phi) is 6.00. The summed E-state index contributed by atoms with van der Waals surface area (Å²) in [6.07, 6.45) is 5.77. The number of hydrogen-bond acceptors (Lipinski definition) is 7.